The number of ether oxygens (including phenoxy) is 1. The van der Waals surface area contributed by atoms with Gasteiger partial charge in [0.05, 0.1) is 22.2 Å². The Hall–Kier alpha value is -1.48. The summed E-state index contributed by atoms with van der Waals surface area (Å²) in [6.45, 7) is 3.32. The van der Waals surface area contributed by atoms with Crippen LogP contribution < -0.4 is 0 Å². The lowest BCUT2D eigenvalue weighted by Crippen LogP contribution is -2.12. The normalized spacial score (nSPS) is 11.4. The van der Waals surface area contributed by atoms with Crippen molar-refractivity contribution >= 4 is 43.6 Å². The first kappa shape index (κ1) is 19.8. The number of rotatable bonds is 6. The standard InChI is InChI=1S/C16H15BrClNO5S/c1-3-23-16(20)15-14(18)13(17)8-11(19-15)9-24-25(21,22)12-6-4-10(2)5-7-12/h4-8H,3,9H2,1-2H3. The number of carbonyl (C=O) groups excluding carboxylic acids is 1. The van der Waals surface area contributed by atoms with Crippen LogP contribution in [0.1, 0.15) is 28.7 Å². The summed E-state index contributed by atoms with van der Waals surface area (Å²) in [6.07, 6.45) is 0. The Labute approximate surface area is 159 Å². The lowest BCUT2D eigenvalue weighted by molar-refractivity contribution is 0.0519. The minimum atomic E-state index is -3.95. The van der Waals surface area contributed by atoms with Crippen LogP contribution in [0.3, 0.4) is 0 Å². The maximum atomic E-state index is 12.2. The van der Waals surface area contributed by atoms with Gasteiger partial charge < -0.3 is 4.74 Å². The van der Waals surface area contributed by atoms with E-state index in [2.05, 4.69) is 20.9 Å². The van der Waals surface area contributed by atoms with Crippen LogP contribution in [-0.4, -0.2) is 26.0 Å². The molecule has 0 radical (unpaired) electrons. The topological polar surface area (TPSA) is 82.6 Å². The fourth-order valence-corrected chi connectivity index (χ4v) is 3.37. The Balaban J connectivity index is 2.23. The average molecular weight is 449 g/mol. The van der Waals surface area contributed by atoms with E-state index in [1.54, 1.807) is 19.1 Å². The number of aromatic nitrogens is 1. The van der Waals surface area contributed by atoms with Crippen molar-refractivity contribution < 1.29 is 22.1 Å². The first-order valence-electron chi connectivity index (χ1n) is 7.22. The van der Waals surface area contributed by atoms with E-state index in [9.17, 15) is 13.2 Å². The highest BCUT2D eigenvalue weighted by Crippen LogP contribution is 2.27. The van der Waals surface area contributed by atoms with Crippen molar-refractivity contribution in [2.45, 2.75) is 25.3 Å². The average Bonchev–Trinajstić information content (AvgIpc) is 2.56. The van der Waals surface area contributed by atoms with E-state index in [-0.39, 0.29) is 34.5 Å². The highest BCUT2D eigenvalue weighted by atomic mass is 79.9. The molecule has 0 unspecified atom stereocenters. The summed E-state index contributed by atoms with van der Waals surface area (Å²) in [7, 11) is -3.95. The third-order valence-electron chi connectivity index (χ3n) is 3.11. The van der Waals surface area contributed by atoms with Gasteiger partial charge >= 0.3 is 5.97 Å². The van der Waals surface area contributed by atoms with Crippen LogP contribution in [0.5, 0.6) is 0 Å². The first-order chi connectivity index (χ1) is 11.7. The van der Waals surface area contributed by atoms with Gasteiger partial charge in [0.1, 0.15) is 6.61 Å². The van der Waals surface area contributed by atoms with Crippen LogP contribution in [0.15, 0.2) is 39.7 Å². The van der Waals surface area contributed by atoms with E-state index < -0.39 is 16.1 Å². The van der Waals surface area contributed by atoms with E-state index in [1.165, 1.54) is 18.2 Å². The molecular weight excluding hydrogens is 434 g/mol. The lowest BCUT2D eigenvalue weighted by atomic mass is 10.2. The Morgan fingerprint density at radius 2 is 1.92 bits per heavy atom. The summed E-state index contributed by atoms with van der Waals surface area (Å²) in [4.78, 5) is 16.0. The van der Waals surface area contributed by atoms with Gasteiger partial charge in [-0.3, -0.25) is 4.18 Å². The molecule has 1 aromatic heterocycles. The number of benzene rings is 1. The summed E-state index contributed by atoms with van der Waals surface area (Å²) in [5.74, 6) is -0.698. The predicted octanol–water partition coefficient (Wildman–Crippen LogP) is 3.89. The lowest BCUT2D eigenvalue weighted by Gasteiger charge is -2.09. The number of esters is 1. The second-order valence-corrected chi connectivity index (χ2v) is 7.86. The highest BCUT2D eigenvalue weighted by Gasteiger charge is 2.20. The van der Waals surface area contributed by atoms with Gasteiger partial charge in [-0.15, -0.1) is 0 Å². The van der Waals surface area contributed by atoms with Crippen molar-refractivity contribution in [1.82, 2.24) is 4.98 Å². The van der Waals surface area contributed by atoms with Crippen LogP contribution in [0.25, 0.3) is 0 Å². The third-order valence-corrected chi connectivity index (χ3v) is 5.62. The van der Waals surface area contributed by atoms with Crippen molar-refractivity contribution in [3.8, 4) is 0 Å². The number of hydrogen-bond acceptors (Lipinski definition) is 6. The zero-order chi connectivity index (χ0) is 18.6. The van der Waals surface area contributed by atoms with Gasteiger partial charge in [-0.2, -0.15) is 8.42 Å². The molecule has 2 aromatic rings. The molecule has 0 amide bonds. The van der Waals surface area contributed by atoms with E-state index in [1.807, 2.05) is 6.92 Å². The SMILES string of the molecule is CCOC(=O)c1nc(COS(=O)(=O)c2ccc(C)cc2)cc(Br)c1Cl. The Morgan fingerprint density at radius 1 is 1.28 bits per heavy atom. The van der Waals surface area contributed by atoms with Crippen molar-refractivity contribution in [1.29, 1.82) is 0 Å². The molecule has 0 aliphatic carbocycles. The molecule has 0 N–H and O–H groups in total. The van der Waals surface area contributed by atoms with Crippen molar-refractivity contribution in [2.75, 3.05) is 6.61 Å². The van der Waals surface area contributed by atoms with E-state index in [0.717, 1.165) is 5.56 Å². The van der Waals surface area contributed by atoms with Gasteiger partial charge in [0.2, 0.25) is 0 Å². The molecule has 6 nitrogen and oxygen atoms in total. The third kappa shape index (κ3) is 5.01. The summed E-state index contributed by atoms with van der Waals surface area (Å²) < 4.78 is 34.7. The molecule has 0 saturated heterocycles. The minimum Gasteiger partial charge on any atom is -0.461 e. The van der Waals surface area contributed by atoms with E-state index in [0.29, 0.717) is 4.47 Å². The molecule has 0 bridgehead atoms. The smallest absolute Gasteiger partial charge is 0.358 e. The largest absolute Gasteiger partial charge is 0.461 e. The van der Waals surface area contributed by atoms with Crippen molar-refractivity contribution in [2.24, 2.45) is 0 Å². The second kappa shape index (κ2) is 8.27. The molecule has 0 atom stereocenters. The quantitative estimate of drug-likeness (QED) is 0.492. The number of aryl methyl sites for hydroxylation is 1. The summed E-state index contributed by atoms with van der Waals surface area (Å²) >= 11 is 9.23. The molecule has 0 fully saturated rings. The summed E-state index contributed by atoms with van der Waals surface area (Å²) in [5, 5.41) is 0.0867. The van der Waals surface area contributed by atoms with Crippen molar-refractivity contribution in [3.05, 3.63) is 56.8 Å². The van der Waals surface area contributed by atoms with Crippen LogP contribution in [0.2, 0.25) is 5.02 Å². The summed E-state index contributed by atoms with van der Waals surface area (Å²) in [5.41, 5.74) is 1.04. The minimum absolute atomic E-state index is 0.0387. The summed E-state index contributed by atoms with van der Waals surface area (Å²) in [6, 6.07) is 7.74. The maximum Gasteiger partial charge on any atom is 0.358 e. The number of pyridine rings is 1. The monoisotopic (exact) mass is 447 g/mol. The molecule has 1 heterocycles. The van der Waals surface area contributed by atoms with E-state index >= 15 is 0 Å². The van der Waals surface area contributed by atoms with Crippen LogP contribution in [-0.2, 0) is 25.6 Å². The van der Waals surface area contributed by atoms with Gasteiger partial charge in [-0.25, -0.2) is 9.78 Å². The van der Waals surface area contributed by atoms with Gasteiger partial charge in [0.15, 0.2) is 5.69 Å². The zero-order valence-electron chi connectivity index (χ0n) is 13.5. The number of nitrogens with zero attached hydrogens (tertiary/aromatic N) is 1. The molecule has 0 aliphatic rings. The molecule has 1 aromatic carbocycles. The fraction of sp³-hybridized carbons (Fsp3) is 0.250. The molecule has 0 spiro atoms. The predicted molar refractivity (Wildman–Crippen MR) is 96.1 cm³/mol. The molecule has 134 valence electrons. The van der Waals surface area contributed by atoms with Gasteiger partial charge in [-0.1, -0.05) is 29.3 Å². The molecule has 25 heavy (non-hydrogen) atoms. The van der Waals surface area contributed by atoms with Gasteiger partial charge in [0, 0.05) is 4.47 Å². The maximum absolute atomic E-state index is 12.2. The molecule has 2 rings (SSSR count). The Bertz CT molecular complexity index is 884. The first-order valence-corrected chi connectivity index (χ1v) is 9.80. The number of carbonyl (C=O) groups is 1. The number of halogens is 2. The Morgan fingerprint density at radius 3 is 2.52 bits per heavy atom. The van der Waals surface area contributed by atoms with Crippen LogP contribution in [0, 0.1) is 6.92 Å². The molecule has 0 aliphatic heterocycles. The molecule has 9 heteroatoms. The van der Waals surface area contributed by atoms with Gasteiger partial charge in [-0.05, 0) is 48.0 Å². The van der Waals surface area contributed by atoms with E-state index in [4.69, 9.17) is 20.5 Å². The molecule has 0 saturated carbocycles. The van der Waals surface area contributed by atoms with Crippen LogP contribution in [0.4, 0.5) is 0 Å². The molecular formula is C16H15BrClNO5S. The highest BCUT2D eigenvalue weighted by molar-refractivity contribution is 9.10. The number of hydrogen-bond donors (Lipinski definition) is 0. The Kier molecular flexibility index (Phi) is 6.56. The second-order valence-electron chi connectivity index (χ2n) is 5.01. The van der Waals surface area contributed by atoms with Crippen molar-refractivity contribution in [3.63, 3.8) is 0 Å². The van der Waals surface area contributed by atoms with Crippen LogP contribution >= 0.6 is 27.5 Å². The zero-order valence-corrected chi connectivity index (χ0v) is 16.6. The van der Waals surface area contributed by atoms with Gasteiger partial charge in [0.25, 0.3) is 10.1 Å². The fourth-order valence-electron chi connectivity index (χ4n) is 1.87.